The first-order valence-electron chi connectivity index (χ1n) is 5.76. The van der Waals surface area contributed by atoms with Crippen molar-refractivity contribution in [2.75, 3.05) is 0 Å². The summed E-state index contributed by atoms with van der Waals surface area (Å²) in [5.74, 6) is 0.0646. The first kappa shape index (κ1) is 16.4. The molecule has 5 N–H and O–H groups in total. The second kappa shape index (κ2) is 6.21. The monoisotopic (exact) mass is 341 g/mol. The number of hydrogen-bond acceptors (Lipinski definition) is 6. The van der Waals surface area contributed by atoms with Crippen molar-refractivity contribution in [1.29, 1.82) is 0 Å². The molecular weight excluding hydrogens is 326 g/mol. The van der Waals surface area contributed by atoms with Gasteiger partial charge in [0.05, 0.1) is 16.0 Å². The molecule has 0 aliphatic rings. The van der Waals surface area contributed by atoms with Crippen LogP contribution in [0.4, 0.5) is 5.69 Å². The predicted molar refractivity (Wildman–Crippen MR) is 80.7 cm³/mol. The van der Waals surface area contributed by atoms with Gasteiger partial charge in [-0.3, -0.25) is 15.1 Å². The molecule has 0 aliphatic carbocycles. The van der Waals surface area contributed by atoms with Crippen LogP contribution in [-0.4, -0.2) is 14.9 Å². The Morgan fingerprint density at radius 3 is 2.55 bits per heavy atom. The van der Waals surface area contributed by atoms with Crippen molar-refractivity contribution in [3.8, 4) is 0 Å². The smallest absolute Gasteiger partial charge is 0.294 e. The fourth-order valence-corrected chi connectivity index (χ4v) is 2.18. The van der Waals surface area contributed by atoms with Gasteiger partial charge in [0.2, 0.25) is 0 Å². The summed E-state index contributed by atoms with van der Waals surface area (Å²) in [7, 11) is 0. The molecule has 2 aromatic rings. The van der Waals surface area contributed by atoms with Crippen LogP contribution in [0.5, 0.6) is 0 Å². The molecule has 0 fully saturated rings. The molecule has 1 unspecified atom stereocenters. The molecule has 0 saturated carbocycles. The van der Waals surface area contributed by atoms with Crippen LogP contribution in [0.15, 0.2) is 22.9 Å². The van der Waals surface area contributed by atoms with E-state index in [1.807, 2.05) is 13.8 Å². The van der Waals surface area contributed by atoms with Gasteiger partial charge in [-0.1, -0.05) is 13.8 Å². The number of rotatable bonds is 3. The average Bonchev–Trinajstić information content (AvgIpc) is 2.35. The molecule has 0 bridgehead atoms. The molecule has 0 amide bonds. The molecule has 1 atom stereocenters. The number of nitrogens with two attached hydrogens (primary N) is 1. The van der Waals surface area contributed by atoms with Crippen LogP contribution in [0.1, 0.15) is 25.5 Å². The van der Waals surface area contributed by atoms with Gasteiger partial charge < -0.3 is 11.9 Å². The largest absolute Gasteiger partial charge is 0.344 e. The van der Waals surface area contributed by atoms with Crippen LogP contribution < -0.4 is 11.9 Å². The van der Waals surface area contributed by atoms with E-state index in [9.17, 15) is 10.1 Å². The fourth-order valence-electron chi connectivity index (χ4n) is 1.86. The van der Waals surface area contributed by atoms with E-state index in [-0.39, 0.29) is 17.8 Å². The number of pyridine rings is 2. The van der Waals surface area contributed by atoms with Gasteiger partial charge in [-0.2, -0.15) is 0 Å². The third kappa shape index (κ3) is 2.92. The lowest BCUT2D eigenvalue weighted by atomic mass is 9.95. The normalized spacial score (nSPS) is 12.2. The van der Waals surface area contributed by atoms with Gasteiger partial charge in [0.25, 0.3) is 5.69 Å². The molecule has 0 saturated heterocycles. The minimum atomic E-state index is -0.465. The first-order chi connectivity index (χ1) is 8.91. The van der Waals surface area contributed by atoms with Gasteiger partial charge in [0, 0.05) is 16.7 Å². The molecule has 7 nitrogen and oxygen atoms in total. The predicted octanol–water partition coefficient (Wildman–Crippen LogP) is 3.12. The Morgan fingerprint density at radius 1 is 1.35 bits per heavy atom. The van der Waals surface area contributed by atoms with Crippen LogP contribution in [0.3, 0.4) is 0 Å². The molecule has 2 heterocycles. The van der Waals surface area contributed by atoms with Crippen LogP contribution in [-0.2, 0) is 0 Å². The summed E-state index contributed by atoms with van der Waals surface area (Å²) in [6.45, 7) is 3.83. The van der Waals surface area contributed by atoms with Crippen LogP contribution in [0, 0.1) is 16.0 Å². The Morgan fingerprint density at radius 2 is 2.00 bits per heavy atom. The molecule has 108 valence electrons. The quantitative estimate of drug-likeness (QED) is 0.651. The molecule has 2 rings (SSSR count). The average molecular weight is 342 g/mol. The molecule has 0 spiro atoms. The Balaban J connectivity index is 0.00000200. The molecule has 0 aromatic carbocycles. The van der Waals surface area contributed by atoms with Crippen molar-refractivity contribution in [2.45, 2.75) is 19.9 Å². The highest BCUT2D eigenvalue weighted by Gasteiger charge is 2.26. The van der Waals surface area contributed by atoms with Crippen LogP contribution >= 0.6 is 15.9 Å². The van der Waals surface area contributed by atoms with Gasteiger partial charge in [-0.25, -0.2) is 4.98 Å². The fraction of sp³-hybridized carbons (Fsp3) is 0.333. The Hall–Kier alpha value is -1.64. The van der Waals surface area contributed by atoms with Gasteiger partial charge >= 0.3 is 0 Å². The minimum Gasteiger partial charge on any atom is -0.344 e. The molecule has 8 heteroatoms. The van der Waals surface area contributed by atoms with Gasteiger partial charge in [-0.15, -0.1) is 0 Å². The van der Waals surface area contributed by atoms with E-state index < -0.39 is 11.0 Å². The molecule has 0 radical (unpaired) electrons. The highest BCUT2D eigenvalue weighted by Crippen LogP contribution is 2.33. The van der Waals surface area contributed by atoms with Crippen molar-refractivity contribution in [3.05, 3.63) is 38.6 Å². The molecule has 0 aliphatic heterocycles. The maximum Gasteiger partial charge on any atom is 0.294 e. The first-order valence-corrected chi connectivity index (χ1v) is 6.55. The zero-order valence-electron chi connectivity index (χ0n) is 11.2. The van der Waals surface area contributed by atoms with Gasteiger partial charge in [0.15, 0.2) is 0 Å². The van der Waals surface area contributed by atoms with Gasteiger partial charge in [0.1, 0.15) is 11.7 Å². The maximum atomic E-state index is 11.1. The lowest BCUT2D eigenvalue weighted by molar-refractivity contribution is -0.386. The molecule has 2 aromatic heterocycles. The van der Waals surface area contributed by atoms with E-state index in [0.717, 1.165) is 4.47 Å². The Kier molecular flexibility index (Phi) is 5.09. The minimum absolute atomic E-state index is 0. The summed E-state index contributed by atoms with van der Waals surface area (Å²) in [5.41, 5.74) is 7.53. The highest BCUT2D eigenvalue weighted by atomic mass is 79.9. The number of nitro groups is 1. The van der Waals surface area contributed by atoms with Crippen molar-refractivity contribution < 1.29 is 4.92 Å². The van der Waals surface area contributed by atoms with E-state index in [0.29, 0.717) is 16.6 Å². The zero-order chi connectivity index (χ0) is 14.2. The second-order valence-corrected chi connectivity index (χ2v) is 5.52. The summed E-state index contributed by atoms with van der Waals surface area (Å²) < 4.78 is 0.769. The van der Waals surface area contributed by atoms with Crippen molar-refractivity contribution >= 4 is 32.7 Å². The van der Waals surface area contributed by atoms with E-state index in [1.54, 1.807) is 12.3 Å². The van der Waals surface area contributed by atoms with Crippen LogP contribution in [0.2, 0.25) is 0 Å². The van der Waals surface area contributed by atoms with E-state index in [1.165, 1.54) is 6.20 Å². The summed E-state index contributed by atoms with van der Waals surface area (Å²) >= 11 is 3.30. The third-order valence-electron chi connectivity index (χ3n) is 2.94. The number of hydrogen-bond donors (Lipinski definition) is 2. The SMILES string of the molecule is CC(C)C(N)c1c([N+](=O)[O-])cnc2cc(Br)cnc12.N. The Labute approximate surface area is 124 Å². The van der Waals surface area contributed by atoms with Crippen molar-refractivity contribution in [3.63, 3.8) is 0 Å². The summed E-state index contributed by atoms with van der Waals surface area (Å²) in [6, 6.07) is 1.31. The van der Waals surface area contributed by atoms with Gasteiger partial charge in [-0.05, 0) is 27.9 Å². The lowest BCUT2D eigenvalue weighted by Gasteiger charge is -2.17. The Bertz CT molecular complexity index is 647. The number of fused-ring (bicyclic) bond motifs is 1. The molecule has 20 heavy (non-hydrogen) atoms. The highest BCUT2D eigenvalue weighted by molar-refractivity contribution is 9.10. The molecular formula is C12H16BrN5O2. The van der Waals surface area contributed by atoms with Crippen molar-refractivity contribution in [2.24, 2.45) is 11.7 Å². The number of halogens is 1. The number of nitrogens with zero attached hydrogens (tertiary/aromatic N) is 3. The zero-order valence-corrected chi connectivity index (χ0v) is 12.8. The van der Waals surface area contributed by atoms with Crippen LogP contribution in [0.25, 0.3) is 11.0 Å². The summed E-state index contributed by atoms with van der Waals surface area (Å²) in [6.07, 6.45) is 2.83. The van der Waals surface area contributed by atoms with Crippen molar-refractivity contribution in [1.82, 2.24) is 16.1 Å². The third-order valence-corrected chi connectivity index (χ3v) is 3.37. The van der Waals surface area contributed by atoms with E-state index in [4.69, 9.17) is 5.73 Å². The summed E-state index contributed by atoms with van der Waals surface area (Å²) in [4.78, 5) is 19.0. The maximum absolute atomic E-state index is 11.1. The topological polar surface area (TPSA) is 130 Å². The second-order valence-electron chi connectivity index (χ2n) is 4.61. The number of aromatic nitrogens is 2. The van der Waals surface area contributed by atoms with E-state index >= 15 is 0 Å². The lowest BCUT2D eigenvalue weighted by Crippen LogP contribution is -2.19. The standard InChI is InChI=1S/C12H13BrN4O2.H3N/c1-6(2)11(14)10-9(17(18)19)5-15-8-3-7(13)4-16-12(8)10;/h3-6,11H,14H2,1-2H3;1H3. The van der Waals surface area contributed by atoms with E-state index in [2.05, 4.69) is 25.9 Å². The summed E-state index contributed by atoms with van der Waals surface area (Å²) in [5, 5.41) is 11.1.